The number of hydrogen-bond acceptors (Lipinski definition) is 2. The van der Waals surface area contributed by atoms with Crippen molar-refractivity contribution < 1.29 is 9.47 Å². The number of rotatable bonds is 10. The normalized spacial score (nSPS) is 11.4. The predicted molar refractivity (Wildman–Crippen MR) is 157 cm³/mol. The van der Waals surface area contributed by atoms with E-state index in [4.69, 9.17) is 9.47 Å². The lowest BCUT2D eigenvalue weighted by molar-refractivity contribution is 0.464. The molecule has 0 aromatic heterocycles. The maximum atomic E-state index is 6.65. The largest absolute Gasteiger partial charge is 0.456 e. The minimum Gasteiger partial charge on any atom is -0.456 e. The van der Waals surface area contributed by atoms with E-state index >= 15 is 0 Å². The molecular formula is C35H36O2. The van der Waals surface area contributed by atoms with Gasteiger partial charge < -0.3 is 9.47 Å². The van der Waals surface area contributed by atoms with Crippen LogP contribution in [0.15, 0.2) is 97.1 Å². The molecule has 37 heavy (non-hydrogen) atoms. The zero-order valence-electron chi connectivity index (χ0n) is 22.3. The molecule has 0 N–H and O–H groups in total. The summed E-state index contributed by atoms with van der Waals surface area (Å²) in [6, 6.07) is 29.3. The fraction of sp³-hybridized carbons (Fsp3) is 0.200. The van der Waals surface area contributed by atoms with Crippen molar-refractivity contribution in [1.82, 2.24) is 0 Å². The van der Waals surface area contributed by atoms with E-state index in [1.807, 2.05) is 62.4 Å². The molecule has 0 saturated heterocycles. The van der Waals surface area contributed by atoms with Gasteiger partial charge in [-0.15, -0.1) is 0 Å². The topological polar surface area (TPSA) is 18.5 Å². The second-order valence-electron chi connectivity index (χ2n) is 8.97. The highest BCUT2D eigenvalue weighted by molar-refractivity contribution is 5.60. The minimum absolute atomic E-state index is 0.712. The Balaban J connectivity index is 1.77. The molecule has 0 radical (unpaired) electrons. The molecule has 0 aliphatic carbocycles. The molecule has 0 heterocycles. The van der Waals surface area contributed by atoms with Gasteiger partial charge in [0.05, 0.1) is 0 Å². The van der Waals surface area contributed by atoms with E-state index < -0.39 is 0 Å². The Morgan fingerprint density at radius 2 is 0.919 bits per heavy atom. The minimum atomic E-state index is 0.712. The molecule has 0 aliphatic heterocycles. The summed E-state index contributed by atoms with van der Waals surface area (Å²) in [5, 5.41) is 0. The maximum absolute atomic E-state index is 6.65. The average Bonchev–Trinajstić information content (AvgIpc) is 2.92. The summed E-state index contributed by atoms with van der Waals surface area (Å²) >= 11 is 0. The first-order chi connectivity index (χ1) is 18.2. The SMILES string of the molecule is C/C=C\c1ccccc1Oc1c(CC)cccc1Cc1cccc(CC)c1Oc1ccccc1/C=C\C. The average molecular weight is 489 g/mol. The molecule has 0 amide bonds. The Morgan fingerprint density at radius 1 is 0.514 bits per heavy atom. The van der Waals surface area contributed by atoms with E-state index in [1.165, 1.54) is 11.1 Å². The number of aryl methyl sites for hydroxylation is 2. The van der Waals surface area contributed by atoms with Crippen LogP contribution in [0.5, 0.6) is 23.0 Å². The molecule has 0 saturated carbocycles. The molecule has 0 spiro atoms. The fourth-order valence-corrected chi connectivity index (χ4v) is 4.58. The van der Waals surface area contributed by atoms with Gasteiger partial charge in [0.2, 0.25) is 0 Å². The first-order valence-corrected chi connectivity index (χ1v) is 13.2. The van der Waals surface area contributed by atoms with Gasteiger partial charge in [-0.25, -0.2) is 0 Å². The third kappa shape index (κ3) is 6.21. The molecule has 4 aromatic carbocycles. The summed E-state index contributed by atoms with van der Waals surface area (Å²) < 4.78 is 13.3. The zero-order chi connectivity index (χ0) is 26.0. The number of ether oxygens (including phenoxy) is 2. The van der Waals surface area contributed by atoms with Gasteiger partial charge >= 0.3 is 0 Å². The van der Waals surface area contributed by atoms with E-state index in [2.05, 4.69) is 74.5 Å². The van der Waals surface area contributed by atoms with E-state index in [9.17, 15) is 0 Å². The molecule has 188 valence electrons. The maximum Gasteiger partial charge on any atom is 0.134 e. The molecule has 2 heteroatoms. The number of benzene rings is 4. The molecule has 4 aromatic rings. The summed E-state index contributed by atoms with van der Waals surface area (Å²) in [7, 11) is 0. The lowest BCUT2D eigenvalue weighted by Crippen LogP contribution is -2.02. The highest BCUT2D eigenvalue weighted by Crippen LogP contribution is 2.38. The third-order valence-corrected chi connectivity index (χ3v) is 6.45. The van der Waals surface area contributed by atoms with Gasteiger partial charge in [0.25, 0.3) is 0 Å². The van der Waals surface area contributed by atoms with Crippen LogP contribution in [0.1, 0.15) is 61.1 Å². The fourth-order valence-electron chi connectivity index (χ4n) is 4.58. The molecule has 2 nitrogen and oxygen atoms in total. The van der Waals surface area contributed by atoms with Crippen LogP contribution < -0.4 is 9.47 Å². The Kier molecular flexibility index (Phi) is 8.99. The van der Waals surface area contributed by atoms with Crippen molar-refractivity contribution in [3.63, 3.8) is 0 Å². The Hall–Kier alpha value is -4.04. The number of allylic oxidation sites excluding steroid dienone is 2. The van der Waals surface area contributed by atoms with Crippen LogP contribution >= 0.6 is 0 Å². The third-order valence-electron chi connectivity index (χ3n) is 6.45. The number of para-hydroxylation sites is 4. The molecule has 0 aliphatic rings. The van der Waals surface area contributed by atoms with E-state index in [1.54, 1.807) is 0 Å². The van der Waals surface area contributed by atoms with Crippen LogP contribution in [0.25, 0.3) is 12.2 Å². The van der Waals surface area contributed by atoms with Crippen LogP contribution in [0, 0.1) is 0 Å². The van der Waals surface area contributed by atoms with Crippen molar-refractivity contribution in [3.8, 4) is 23.0 Å². The first kappa shape index (κ1) is 26.0. The zero-order valence-corrected chi connectivity index (χ0v) is 22.3. The summed E-state index contributed by atoms with van der Waals surface area (Å²) in [5.74, 6) is 3.59. The van der Waals surface area contributed by atoms with Gasteiger partial charge in [0.1, 0.15) is 23.0 Å². The highest BCUT2D eigenvalue weighted by atomic mass is 16.5. The van der Waals surface area contributed by atoms with Crippen LogP contribution in [-0.4, -0.2) is 0 Å². The second-order valence-corrected chi connectivity index (χ2v) is 8.97. The molecule has 0 bridgehead atoms. The molecule has 0 unspecified atom stereocenters. The Morgan fingerprint density at radius 3 is 1.32 bits per heavy atom. The second kappa shape index (κ2) is 12.8. The molecule has 4 rings (SSSR count). The predicted octanol–water partition coefficient (Wildman–Crippen LogP) is 10.1. The van der Waals surface area contributed by atoms with Crippen LogP contribution in [0.3, 0.4) is 0 Å². The summed E-state index contributed by atoms with van der Waals surface area (Å²) in [6.07, 6.45) is 10.8. The van der Waals surface area contributed by atoms with Crippen molar-refractivity contribution in [2.45, 2.75) is 47.0 Å². The van der Waals surface area contributed by atoms with Crippen molar-refractivity contribution in [2.24, 2.45) is 0 Å². The quantitative estimate of drug-likeness (QED) is 0.221. The van der Waals surface area contributed by atoms with Crippen LogP contribution in [0.2, 0.25) is 0 Å². The smallest absolute Gasteiger partial charge is 0.134 e. The highest BCUT2D eigenvalue weighted by Gasteiger charge is 2.17. The molecule has 0 fully saturated rings. The lowest BCUT2D eigenvalue weighted by Gasteiger charge is -2.19. The van der Waals surface area contributed by atoms with Crippen molar-refractivity contribution in [1.29, 1.82) is 0 Å². The van der Waals surface area contributed by atoms with Crippen molar-refractivity contribution in [2.75, 3.05) is 0 Å². The summed E-state index contributed by atoms with van der Waals surface area (Å²) in [4.78, 5) is 0. The van der Waals surface area contributed by atoms with Crippen molar-refractivity contribution in [3.05, 3.63) is 130 Å². The molecule has 0 atom stereocenters. The van der Waals surface area contributed by atoms with Gasteiger partial charge in [0, 0.05) is 17.5 Å². The van der Waals surface area contributed by atoms with Gasteiger partial charge in [-0.2, -0.15) is 0 Å². The standard InChI is InChI=1S/C35H36O2/c1-5-15-28-17-9-11-23-32(28)36-34-26(7-3)19-13-21-30(34)25-31-22-14-20-27(8-4)35(31)37-33-24-12-10-18-29(33)16-6-2/h5-6,9-24H,7-8,25H2,1-4H3/b15-5-,16-6-. The van der Waals surface area contributed by atoms with Gasteiger partial charge in [-0.1, -0.05) is 111 Å². The van der Waals surface area contributed by atoms with E-state index in [0.29, 0.717) is 6.42 Å². The molecular weight excluding hydrogens is 452 g/mol. The monoisotopic (exact) mass is 488 g/mol. The Labute approximate surface area is 221 Å². The van der Waals surface area contributed by atoms with Crippen LogP contribution in [-0.2, 0) is 19.3 Å². The summed E-state index contributed by atoms with van der Waals surface area (Å²) in [5.41, 5.74) is 6.82. The van der Waals surface area contributed by atoms with Gasteiger partial charge in [0.15, 0.2) is 0 Å². The lowest BCUT2D eigenvalue weighted by atomic mass is 9.97. The summed E-state index contributed by atoms with van der Waals surface area (Å²) in [6.45, 7) is 8.40. The number of hydrogen-bond donors (Lipinski definition) is 0. The van der Waals surface area contributed by atoms with E-state index in [-0.39, 0.29) is 0 Å². The van der Waals surface area contributed by atoms with Gasteiger partial charge in [-0.05, 0) is 61.1 Å². The first-order valence-electron chi connectivity index (χ1n) is 13.2. The van der Waals surface area contributed by atoms with Gasteiger partial charge in [-0.3, -0.25) is 0 Å². The van der Waals surface area contributed by atoms with Crippen LogP contribution in [0.4, 0.5) is 0 Å². The van der Waals surface area contributed by atoms with Crippen molar-refractivity contribution >= 4 is 12.2 Å². The Bertz CT molecular complexity index is 1290. The van der Waals surface area contributed by atoms with E-state index in [0.717, 1.165) is 58.1 Å².